The molecule has 0 saturated carbocycles. The number of benzene rings is 2. The number of rotatable bonds is 3. The van der Waals surface area contributed by atoms with E-state index < -0.39 is 4.92 Å². The molecule has 0 aliphatic carbocycles. The average Bonchev–Trinajstić information content (AvgIpc) is 3.38. The SMILES string of the molecule is CC1Cc2cc3c(cc2C(c2ccc([N+](=O)[O-])cc2)=NN1c1nncs1)OCO3. The molecule has 10 heteroatoms. The van der Waals surface area contributed by atoms with Gasteiger partial charge in [-0.1, -0.05) is 11.3 Å². The standard InChI is InChI=1S/C19H15N5O4S/c1-11-6-13-7-16-17(28-10-27-16)8-15(13)18(22-23(11)19-21-20-9-29-19)12-2-4-14(5-3-12)24(25)26/h2-5,7-9,11H,6,10H2,1H3. The van der Waals surface area contributed by atoms with Gasteiger partial charge in [-0.3, -0.25) is 10.1 Å². The van der Waals surface area contributed by atoms with Crippen LogP contribution in [0.3, 0.4) is 0 Å². The summed E-state index contributed by atoms with van der Waals surface area (Å²) in [6.07, 6.45) is 0.714. The van der Waals surface area contributed by atoms with Crippen LogP contribution in [0.25, 0.3) is 0 Å². The van der Waals surface area contributed by atoms with E-state index >= 15 is 0 Å². The van der Waals surface area contributed by atoms with E-state index in [1.165, 1.54) is 23.5 Å². The highest BCUT2D eigenvalue weighted by Gasteiger charge is 2.28. The summed E-state index contributed by atoms with van der Waals surface area (Å²) in [5.74, 6) is 1.37. The van der Waals surface area contributed by atoms with Gasteiger partial charge in [0, 0.05) is 23.3 Å². The monoisotopic (exact) mass is 409 g/mol. The van der Waals surface area contributed by atoms with Crippen molar-refractivity contribution in [3.63, 3.8) is 0 Å². The number of ether oxygens (including phenoxy) is 2. The molecule has 0 saturated heterocycles. The van der Waals surface area contributed by atoms with Gasteiger partial charge in [-0.25, -0.2) is 5.01 Å². The van der Waals surface area contributed by atoms with Gasteiger partial charge in [0.05, 0.1) is 16.7 Å². The summed E-state index contributed by atoms with van der Waals surface area (Å²) < 4.78 is 11.1. The van der Waals surface area contributed by atoms with Gasteiger partial charge >= 0.3 is 0 Å². The van der Waals surface area contributed by atoms with Crippen LogP contribution in [-0.4, -0.2) is 33.7 Å². The van der Waals surface area contributed by atoms with Crippen molar-refractivity contribution in [2.45, 2.75) is 19.4 Å². The predicted octanol–water partition coefficient (Wildman–Crippen LogP) is 3.38. The summed E-state index contributed by atoms with van der Waals surface area (Å²) in [5.41, 5.74) is 5.11. The smallest absolute Gasteiger partial charge is 0.269 e. The van der Waals surface area contributed by atoms with Gasteiger partial charge in [0.1, 0.15) is 5.51 Å². The highest BCUT2D eigenvalue weighted by atomic mass is 32.1. The minimum atomic E-state index is -0.416. The molecule has 1 atom stereocenters. The number of nitro benzene ring substituents is 1. The van der Waals surface area contributed by atoms with E-state index in [0.717, 1.165) is 16.7 Å². The molecule has 0 radical (unpaired) electrons. The molecule has 3 heterocycles. The maximum absolute atomic E-state index is 11.0. The maximum Gasteiger partial charge on any atom is 0.269 e. The summed E-state index contributed by atoms with van der Waals surface area (Å²) in [6.45, 7) is 2.26. The Hall–Kier alpha value is -3.53. The molecule has 9 nitrogen and oxygen atoms in total. The first kappa shape index (κ1) is 17.6. The molecule has 0 N–H and O–H groups in total. The Morgan fingerprint density at radius 2 is 1.97 bits per heavy atom. The number of hydrazone groups is 1. The van der Waals surface area contributed by atoms with Crippen LogP contribution in [0.2, 0.25) is 0 Å². The fourth-order valence-corrected chi connectivity index (χ4v) is 4.10. The van der Waals surface area contributed by atoms with Crippen molar-refractivity contribution in [2.75, 3.05) is 11.8 Å². The van der Waals surface area contributed by atoms with Crippen molar-refractivity contribution in [3.05, 3.63) is 68.7 Å². The van der Waals surface area contributed by atoms with Crippen LogP contribution in [-0.2, 0) is 6.42 Å². The molecule has 2 aliphatic heterocycles. The van der Waals surface area contributed by atoms with Crippen LogP contribution in [0.4, 0.5) is 10.8 Å². The Labute approximate surface area is 169 Å². The first-order valence-electron chi connectivity index (χ1n) is 8.92. The maximum atomic E-state index is 11.0. The van der Waals surface area contributed by atoms with Crippen LogP contribution in [0.15, 0.2) is 47.0 Å². The molecule has 0 bridgehead atoms. The lowest BCUT2D eigenvalue weighted by atomic mass is 9.94. The van der Waals surface area contributed by atoms with Crippen LogP contribution in [0, 0.1) is 10.1 Å². The second-order valence-corrected chi connectivity index (χ2v) is 7.55. The molecule has 29 heavy (non-hydrogen) atoms. The lowest BCUT2D eigenvalue weighted by Crippen LogP contribution is -2.29. The molecule has 2 aromatic carbocycles. The van der Waals surface area contributed by atoms with E-state index in [9.17, 15) is 10.1 Å². The van der Waals surface area contributed by atoms with Gasteiger partial charge in [0.2, 0.25) is 11.9 Å². The zero-order valence-electron chi connectivity index (χ0n) is 15.3. The van der Waals surface area contributed by atoms with Crippen molar-refractivity contribution >= 4 is 27.9 Å². The van der Waals surface area contributed by atoms with Crippen molar-refractivity contribution in [1.29, 1.82) is 0 Å². The Morgan fingerprint density at radius 1 is 1.21 bits per heavy atom. The summed E-state index contributed by atoms with van der Waals surface area (Å²) >= 11 is 1.40. The number of anilines is 1. The minimum Gasteiger partial charge on any atom is -0.454 e. The van der Waals surface area contributed by atoms with Crippen molar-refractivity contribution in [3.8, 4) is 11.5 Å². The van der Waals surface area contributed by atoms with Crippen LogP contribution >= 0.6 is 11.3 Å². The second kappa shape index (κ2) is 6.82. The van der Waals surface area contributed by atoms with Gasteiger partial charge in [-0.15, -0.1) is 10.2 Å². The number of aromatic nitrogens is 2. The van der Waals surface area contributed by atoms with Gasteiger partial charge in [-0.2, -0.15) is 5.10 Å². The molecule has 3 aromatic rings. The molecule has 0 amide bonds. The molecule has 0 spiro atoms. The van der Waals surface area contributed by atoms with Crippen LogP contribution in [0.1, 0.15) is 23.6 Å². The summed E-state index contributed by atoms with van der Waals surface area (Å²) in [6, 6.07) is 10.3. The Balaban J connectivity index is 1.69. The molecular formula is C19H15N5O4S. The second-order valence-electron chi connectivity index (χ2n) is 6.73. The largest absolute Gasteiger partial charge is 0.454 e. The third kappa shape index (κ3) is 3.07. The number of nitrogens with zero attached hydrogens (tertiary/aromatic N) is 5. The normalized spacial score (nSPS) is 17.5. The zero-order chi connectivity index (χ0) is 20.0. The topological polar surface area (TPSA) is 103 Å². The van der Waals surface area contributed by atoms with E-state index in [2.05, 4.69) is 17.1 Å². The van der Waals surface area contributed by atoms with Gasteiger partial charge in [0.25, 0.3) is 5.69 Å². The Kier molecular flexibility index (Phi) is 4.13. The molecule has 0 fully saturated rings. The van der Waals surface area contributed by atoms with E-state index in [1.807, 2.05) is 17.1 Å². The third-order valence-corrected chi connectivity index (χ3v) is 5.57. The predicted molar refractivity (Wildman–Crippen MR) is 107 cm³/mol. The summed E-state index contributed by atoms with van der Waals surface area (Å²) in [4.78, 5) is 10.6. The number of non-ortho nitro benzene ring substituents is 1. The molecule has 1 unspecified atom stereocenters. The van der Waals surface area contributed by atoms with E-state index in [1.54, 1.807) is 17.6 Å². The average molecular weight is 409 g/mol. The molecule has 5 rings (SSSR count). The summed E-state index contributed by atoms with van der Waals surface area (Å²) in [5, 5.41) is 26.6. The van der Waals surface area contributed by atoms with E-state index in [0.29, 0.717) is 28.8 Å². The molecular weight excluding hydrogens is 394 g/mol. The highest BCUT2D eigenvalue weighted by Crippen LogP contribution is 2.38. The molecule has 2 aliphatic rings. The first-order valence-corrected chi connectivity index (χ1v) is 9.80. The zero-order valence-corrected chi connectivity index (χ0v) is 16.1. The quantitative estimate of drug-likeness (QED) is 0.482. The number of hydrogen-bond donors (Lipinski definition) is 0. The first-order chi connectivity index (χ1) is 14.1. The Bertz CT molecular complexity index is 1110. The van der Waals surface area contributed by atoms with E-state index in [4.69, 9.17) is 14.6 Å². The number of hydrogen-bond acceptors (Lipinski definition) is 9. The van der Waals surface area contributed by atoms with Crippen molar-refractivity contribution in [2.24, 2.45) is 5.10 Å². The third-order valence-electron chi connectivity index (χ3n) is 4.89. The fraction of sp³-hybridized carbons (Fsp3) is 0.211. The van der Waals surface area contributed by atoms with Crippen LogP contribution < -0.4 is 14.5 Å². The Morgan fingerprint density at radius 3 is 2.66 bits per heavy atom. The molecule has 1 aromatic heterocycles. The summed E-state index contributed by atoms with van der Waals surface area (Å²) in [7, 11) is 0. The van der Waals surface area contributed by atoms with E-state index in [-0.39, 0.29) is 18.5 Å². The van der Waals surface area contributed by atoms with Crippen molar-refractivity contribution in [1.82, 2.24) is 10.2 Å². The number of nitro groups is 1. The molecule has 146 valence electrons. The highest BCUT2D eigenvalue weighted by molar-refractivity contribution is 7.13. The van der Waals surface area contributed by atoms with Gasteiger partial charge < -0.3 is 9.47 Å². The lowest BCUT2D eigenvalue weighted by molar-refractivity contribution is -0.384. The van der Waals surface area contributed by atoms with Crippen LogP contribution in [0.5, 0.6) is 11.5 Å². The van der Waals surface area contributed by atoms with Gasteiger partial charge in [-0.05, 0) is 43.2 Å². The number of fused-ring (bicyclic) bond motifs is 2. The van der Waals surface area contributed by atoms with Crippen molar-refractivity contribution < 1.29 is 14.4 Å². The van der Waals surface area contributed by atoms with Gasteiger partial charge in [0.15, 0.2) is 11.5 Å². The lowest BCUT2D eigenvalue weighted by Gasteiger charge is -2.21. The fourth-order valence-electron chi connectivity index (χ4n) is 3.49. The minimum absolute atomic E-state index is 0.0256.